The van der Waals surface area contributed by atoms with Gasteiger partial charge in [0.2, 0.25) is 0 Å². The molecule has 0 saturated carbocycles. The second-order valence-corrected chi connectivity index (χ2v) is 3.01. The molecule has 0 radical (unpaired) electrons. The van der Waals surface area contributed by atoms with Gasteiger partial charge in [-0.05, 0) is 0 Å². The molecule has 0 aliphatic rings. The number of alkyl halides is 6. The highest BCUT2D eigenvalue weighted by Crippen LogP contribution is 2.29. The van der Waals surface area contributed by atoms with Crippen LogP contribution in [0.5, 0.6) is 0 Å². The SMILES string of the molecule is OC(Cn1cc(C(F)(F)F)cn1)C(F)(F)F. The molecule has 16 heavy (non-hydrogen) atoms. The molecule has 1 aromatic heterocycles. The van der Waals surface area contributed by atoms with Gasteiger partial charge in [0.05, 0.1) is 18.3 Å². The Morgan fingerprint density at radius 3 is 2.19 bits per heavy atom. The number of nitrogens with zero attached hydrogens (tertiary/aromatic N) is 2. The van der Waals surface area contributed by atoms with Gasteiger partial charge in [-0.25, -0.2) is 0 Å². The molecule has 0 aliphatic heterocycles. The number of rotatable bonds is 2. The summed E-state index contributed by atoms with van der Waals surface area (Å²) in [6, 6.07) is 0. The van der Waals surface area contributed by atoms with Crippen molar-refractivity contribution in [3.05, 3.63) is 18.0 Å². The minimum atomic E-state index is -4.88. The maximum absolute atomic E-state index is 12.0. The van der Waals surface area contributed by atoms with Gasteiger partial charge in [0.15, 0.2) is 6.10 Å². The first kappa shape index (κ1) is 12.8. The normalized spacial score (nSPS) is 15.2. The molecular formula is C7H6F6N2O. The van der Waals surface area contributed by atoms with Crippen LogP contribution in [0, 0.1) is 0 Å². The van der Waals surface area contributed by atoms with Gasteiger partial charge in [-0.2, -0.15) is 31.4 Å². The molecule has 0 spiro atoms. The summed E-state index contributed by atoms with van der Waals surface area (Å²) in [4.78, 5) is 0. The van der Waals surface area contributed by atoms with E-state index in [0.29, 0.717) is 17.1 Å². The van der Waals surface area contributed by atoms with Gasteiger partial charge in [-0.3, -0.25) is 4.68 Å². The maximum atomic E-state index is 12.0. The van der Waals surface area contributed by atoms with Crippen molar-refractivity contribution in [1.29, 1.82) is 0 Å². The number of hydrogen-bond donors (Lipinski definition) is 1. The van der Waals surface area contributed by atoms with Crippen molar-refractivity contribution in [3.63, 3.8) is 0 Å². The molecule has 3 nitrogen and oxygen atoms in total. The Morgan fingerprint density at radius 2 is 1.81 bits per heavy atom. The lowest BCUT2D eigenvalue weighted by Gasteiger charge is -2.13. The summed E-state index contributed by atoms with van der Waals surface area (Å²) in [5, 5.41) is 11.7. The quantitative estimate of drug-likeness (QED) is 0.811. The first-order valence-electron chi connectivity index (χ1n) is 3.95. The third-order valence-electron chi connectivity index (χ3n) is 1.70. The first-order chi connectivity index (χ1) is 7.10. The van der Waals surface area contributed by atoms with Crippen LogP contribution in [-0.2, 0) is 12.7 Å². The van der Waals surface area contributed by atoms with E-state index in [9.17, 15) is 26.3 Å². The van der Waals surface area contributed by atoms with Crippen LogP contribution in [0.1, 0.15) is 5.56 Å². The highest BCUT2D eigenvalue weighted by molar-refractivity contribution is 5.08. The molecule has 0 amide bonds. The molecule has 1 heterocycles. The summed E-state index contributed by atoms with van der Waals surface area (Å²) in [5.41, 5.74) is -1.16. The van der Waals surface area contributed by atoms with Crippen molar-refractivity contribution in [3.8, 4) is 0 Å². The molecule has 0 saturated heterocycles. The summed E-state index contributed by atoms with van der Waals surface area (Å²) in [6.45, 7) is -1.07. The van der Waals surface area contributed by atoms with Crippen molar-refractivity contribution in [2.75, 3.05) is 0 Å². The largest absolute Gasteiger partial charge is 0.419 e. The van der Waals surface area contributed by atoms with Crippen molar-refractivity contribution in [2.24, 2.45) is 0 Å². The third-order valence-corrected chi connectivity index (χ3v) is 1.70. The lowest BCUT2D eigenvalue weighted by Crippen LogP contribution is -2.32. The fourth-order valence-electron chi connectivity index (χ4n) is 0.890. The van der Waals surface area contributed by atoms with Gasteiger partial charge in [0.25, 0.3) is 0 Å². The van der Waals surface area contributed by atoms with E-state index in [4.69, 9.17) is 5.11 Å². The first-order valence-corrected chi connectivity index (χ1v) is 3.95. The van der Waals surface area contributed by atoms with Gasteiger partial charge >= 0.3 is 12.4 Å². The Bertz CT molecular complexity index is 354. The van der Waals surface area contributed by atoms with E-state index in [1.54, 1.807) is 0 Å². The summed E-state index contributed by atoms with van der Waals surface area (Å²) in [5.74, 6) is 0. The zero-order valence-corrected chi connectivity index (χ0v) is 7.55. The molecule has 0 fully saturated rings. The molecule has 9 heteroatoms. The molecule has 1 N–H and O–H groups in total. The van der Waals surface area contributed by atoms with E-state index in [-0.39, 0.29) is 0 Å². The lowest BCUT2D eigenvalue weighted by molar-refractivity contribution is -0.208. The minimum Gasteiger partial charge on any atom is -0.382 e. The monoisotopic (exact) mass is 248 g/mol. The van der Waals surface area contributed by atoms with E-state index in [2.05, 4.69) is 5.10 Å². The van der Waals surface area contributed by atoms with E-state index in [1.165, 1.54) is 0 Å². The second-order valence-electron chi connectivity index (χ2n) is 3.01. The van der Waals surface area contributed by atoms with Gasteiger partial charge in [-0.1, -0.05) is 0 Å². The van der Waals surface area contributed by atoms with Crippen molar-refractivity contribution in [2.45, 2.75) is 25.0 Å². The third kappa shape index (κ3) is 3.12. The van der Waals surface area contributed by atoms with E-state index in [0.717, 1.165) is 0 Å². The van der Waals surface area contributed by atoms with E-state index in [1.807, 2.05) is 0 Å². The molecular weight excluding hydrogens is 242 g/mol. The number of aliphatic hydroxyl groups excluding tert-OH is 1. The van der Waals surface area contributed by atoms with Gasteiger partial charge in [-0.15, -0.1) is 0 Å². The predicted molar refractivity (Wildman–Crippen MR) is 39.3 cm³/mol. The maximum Gasteiger partial charge on any atom is 0.419 e. The van der Waals surface area contributed by atoms with Crippen LogP contribution in [0.25, 0.3) is 0 Å². The molecule has 0 aromatic carbocycles. The Labute approximate surface area is 85.3 Å². The Kier molecular flexibility index (Phi) is 3.17. The Hall–Kier alpha value is -1.25. The van der Waals surface area contributed by atoms with Crippen LogP contribution in [0.2, 0.25) is 0 Å². The fourth-order valence-corrected chi connectivity index (χ4v) is 0.890. The van der Waals surface area contributed by atoms with Crippen LogP contribution in [0.3, 0.4) is 0 Å². The summed E-state index contributed by atoms with van der Waals surface area (Å²) >= 11 is 0. The predicted octanol–water partition coefficient (Wildman–Crippen LogP) is 1.83. The molecule has 92 valence electrons. The van der Waals surface area contributed by atoms with Crippen molar-refractivity contribution in [1.82, 2.24) is 9.78 Å². The highest BCUT2D eigenvalue weighted by Gasteiger charge is 2.39. The number of halogens is 6. The van der Waals surface area contributed by atoms with E-state index >= 15 is 0 Å². The smallest absolute Gasteiger partial charge is 0.382 e. The fraction of sp³-hybridized carbons (Fsp3) is 0.571. The molecule has 1 rings (SSSR count). The van der Waals surface area contributed by atoms with Crippen LogP contribution < -0.4 is 0 Å². The van der Waals surface area contributed by atoms with Crippen LogP contribution in [0.15, 0.2) is 12.4 Å². The molecule has 0 bridgehead atoms. The average Bonchev–Trinajstić information content (AvgIpc) is 2.49. The van der Waals surface area contributed by atoms with Crippen LogP contribution in [0.4, 0.5) is 26.3 Å². The summed E-state index contributed by atoms with van der Waals surface area (Å²) < 4.78 is 72.1. The molecule has 1 aromatic rings. The van der Waals surface area contributed by atoms with Gasteiger partial charge in [0, 0.05) is 6.20 Å². The molecule has 0 aliphatic carbocycles. The second kappa shape index (κ2) is 3.96. The zero-order valence-electron chi connectivity index (χ0n) is 7.55. The Balaban J connectivity index is 2.74. The van der Waals surface area contributed by atoms with E-state index < -0.39 is 30.6 Å². The average molecular weight is 248 g/mol. The van der Waals surface area contributed by atoms with Crippen molar-refractivity contribution >= 4 is 0 Å². The summed E-state index contributed by atoms with van der Waals surface area (Å²) in [7, 11) is 0. The van der Waals surface area contributed by atoms with Gasteiger partial charge < -0.3 is 5.11 Å². The topological polar surface area (TPSA) is 38.0 Å². The van der Waals surface area contributed by atoms with Crippen LogP contribution >= 0.6 is 0 Å². The lowest BCUT2D eigenvalue weighted by atomic mass is 10.3. The van der Waals surface area contributed by atoms with Crippen LogP contribution in [-0.4, -0.2) is 27.2 Å². The zero-order chi connectivity index (χ0) is 12.6. The summed E-state index contributed by atoms with van der Waals surface area (Å²) in [6.07, 6.45) is -11.5. The van der Waals surface area contributed by atoms with Crippen molar-refractivity contribution < 1.29 is 31.4 Å². The van der Waals surface area contributed by atoms with Gasteiger partial charge in [0.1, 0.15) is 0 Å². The Morgan fingerprint density at radius 1 is 1.25 bits per heavy atom. The molecule has 1 unspecified atom stereocenters. The number of aromatic nitrogens is 2. The number of aliphatic hydroxyl groups is 1. The standard InChI is InChI=1S/C7H6F6N2O/c8-6(9,10)4-1-14-15(2-4)3-5(16)7(11,12)13/h1-2,5,16H,3H2. The molecule has 1 atom stereocenters. The number of hydrogen-bond acceptors (Lipinski definition) is 2. The minimum absolute atomic E-state index is 0.390. The highest BCUT2D eigenvalue weighted by atomic mass is 19.4.